The first-order chi connectivity index (χ1) is 20.2. The Balaban J connectivity index is 1.08. The Hall–Kier alpha value is -3.52. The molecule has 1 aromatic heterocycles. The average molecular weight is 556 g/mol. The fraction of sp³-hybridized carbons (Fsp3) is 0.412. The molecule has 2 aliphatic heterocycles. The highest BCUT2D eigenvalue weighted by Gasteiger charge is 2.27. The molecule has 0 unspecified atom stereocenters. The lowest BCUT2D eigenvalue weighted by Gasteiger charge is -2.33. The highest BCUT2D eigenvalue weighted by Crippen LogP contribution is 2.34. The Morgan fingerprint density at radius 1 is 1.02 bits per heavy atom. The zero-order valence-corrected chi connectivity index (χ0v) is 24.2. The van der Waals surface area contributed by atoms with E-state index in [1.54, 1.807) is 7.11 Å². The van der Waals surface area contributed by atoms with Gasteiger partial charge in [-0.1, -0.05) is 36.4 Å². The van der Waals surface area contributed by atoms with E-state index in [1.807, 2.05) is 18.3 Å². The Bertz CT molecular complexity index is 1430. The lowest BCUT2D eigenvalue weighted by Crippen LogP contribution is -2.41. The summed E-state index contributed by atoms with van der Waals surface area (Å²) >= 11 is 0. The van der Waals surface area contributed by atoms with Crippen LogP contribution in [0.1, 0.15) is 41.0 Å². The van der Waals surface area contributed by atoms with Gasteiger partial charge in [-0.05, 0) is 72.8 Å². The molecule has 1 fully saturated rings. The minimum atomic E-state index is 0.116. The summed E-state index contributed by atoms with van der Waals surface area (Å²) in [5.74, 6) is 2.23. The van der Waals surface area contributed by atoms with Gasteiger partial charge in [-0.2, -0.15) is 0 Å². The number of rotatable bonds is 11. The van der Waals surface area contributed by atoms with Crippen molar-refractivity contribution in [2.24, 2.45) is 0 Å². The molecule has 1 saturated heterocycles. The fourth-order valence-corrected chi connectivity index (χ4v) is 6.09. The monoisotopic (exact) mass is 555 g/mol. The predicted octanol–water partition coefficient (Wildman–Crippen LogP) is 5.95. The van der Waals surface area contributed by atoms with Crippen molar-refractivity contribution in [3.8, 4) is 11.5 Å². The van der Waals surface area contributed by atoms with E-state index in [-0.39, 0.29) is 6.10 Å². The molecule has 4 aromatic rings. The Morgan fingerprint density at radius 2 is 1.90 bits per heavy atom. The summed E-state index contributed by atoms with van der Waals surface area (Å²) in [6, 6.07) is 21.5. The van der Waals surface area contributed by atoms with Crippen LogP contribution in [-0.4, -0.2) is 57.6 Å². The lowest BCUT2D eigenvalue weighted by atomic mass is 9.87. The average Bonchev–Trinajstić information content (AvgIpc) is 3.41. The van der Waals surface area contributed by atoms with Crippen LogP contribution >= 0.6 is 0 Å². The smallest absolute Gasteiger partial charge is 0.142 e. The van der Waals surface area contributed by atoms with Gasteiger partial charge in [0.15, 0.2) is 0 Å². The van der Waals surface area contributed by atoms with Crippen LogP contribution in [0.15, 0.2) is 66.9 Å². The predicted molar refractivity (Wildman–Crippen MR) is 163 cm³/mol. The molecular formula is C34H41N3O4. The standard InChI is InChI=1S/C34H41N3O4/c1-24-20-36-29-5-3-6-32(34(24)29)40-22-25-7-10-27(11-8-25)28-13-14-35-21-33(28)41-23-26-9-12-31-30(19-26)37(16-18-39-31)15-4-17-38-2/h3,5-12,19-20,28,33,35-36H,4,13-18,21-23H2,1-2H3/t28-,33+/m1/s1. The number of aromatic nitrogens is 1. The summed E-state index contributed by atoms with van der Waals surface area (Å²) in [4.78, 5) is 5.71. The SMILES string of the molecule is COCCCN1CCOc2ccc(CO[C@H]3CNCC[C@@H]3c3ccc(COc4cccc5[nH]cc(C)c45)cc3)cc21. The van der Waals surface area contributed by atoms with Gasteiger partial charge in [-0.25, -0.2) is 0 Å². The summed E-state index contributed by atoms with van der Waals surface area (Å²) in [6.07, 6.45) is 4.20. The van der Waals surface area contributed by atoms with Gasteiger partial charge in [0.25, 0.3) is 0 Å². The largest absolute Gasteiger partial charge is 0.490 e. The van der Waals surface area contributed by atoms with Crippen LogP contribution in [0.3, 0.4) is 0 Å². The topological polar surface area (TPSA) is 68.0 Å². The number of nitrogens with one attached hydrogen (secondary N) is 2. The minimum Gasteiger partial charge on any atom is -0.490 e. The van der Waals surface area contributed by atoms with Crippen LogP contribution in [0.5, 0.6) is 11.5 Å². The second kappa shape index (κ2) is 13.0. The molecule has 7 heteroatoms. The maximum atomic E-state index is 6.57. The summed E-state index contributed by atoms with van der Waals surface area (Å²) in [7, 11) is 1.76. The highest BCUT2D eigenvalue weighted by atomic mass is 16.5. The van der Waals surface area contributed by atoms with Gasteiger partial charge in [0.05, 0.1) is 24.9 Å². The van der Waals surface area contributed by atoms with Crippen molar-refractivity contribution >= 4 is 16.6 Å². The van der Waals surface area contributed by atoms with Gasteiger partial charge in [0.2, 0.25) is 0 Å². The van der Waals surface area contributed by atoms with E-state index in [0.29, 0.717) is 19.1 Å². The van der Waals surface area contributed by atoms with E-state index >= 15 is 0 Å². The third-order valence-corrected chi connectivity index (χ3v) is 8.32. The normalized spacial score (nSPS) is 18.7. The zero-order chi connectivity index (χ0) is 28.0. The number of hydrogen-bond acceptors (Lipinski definition) is 6. The van der Waals surface area contributed by atoms with Crippen LogP contribution in [0.25, 0.3) is 10.9 Å². The number of piperidine rings is 1. The molecule has 0 aliphatic carbocycles. The van der Waals surface area contributed by atoms with Crippen molar-refractivity contribution in [3.63, 3.8) is 0 Å². The molecule has 6 rings (SSSR count). The van der Waals surface area contributed by atoms with Crippen LogP contribution < -0.4 is 19.7 Å². The first-order valence-electron chi connectivity index (χ1n) is 14.8. The van der Waals surface area contributed by atoms with Gasteiger partial charge >= 0.3 is 0 Å². The van der Waals surface area contributed by atoms with Gasteiger partial charge in [-0.15, -0.1) is 0 Å². The first kappa shape index (κ1) is 27.6. The van der Waals surface area contributed by atoms with Crippen LogP contribution in [-0.2, 0) is 22.7 Å². The molecule has 0 saturated carbocycles. The van der Waals surface area contributed by atoms with E-state index in [9.17, 15) is 0 Å². The van der Waals surface area contributed by atoms with Crippen molar-refractivity contribution in [3.05, 3.63) is 89.1 Å². The highest BCUT2D eigenvalue weighted by molar-refractivity contribution is 5.89. The van der Waals surface area contributed by atoms with Gasteiger partial charge in [-0.3, -0.25) is 0 Å². The van der Waals surface area contributed by atoms with Crippen molar-refractivity contribution in [2.75, 3.05) is 51.4 Å². The van der Waals surface area contributed by atoms with Crippen LogP contribution in [0, 0.1) is 6.92 Å². The van der Waals surface area contributed by atoms with E-state index in [4.69, 9.17) is 18.9 Å². The molecule has 0 amide bonds. The van der Waals surface area contributed by atoms with Crippen LogP contribution in [0.4, 0.5) is 5.69 Å². The fourth-order valence-electron chi connectivity index (χ4n) is 6.09. The quantitative estimate of drug-likeness (QED) is 0.223. The number of nitrogens with zero attached hydrogens (tertiary/aromatic N) is 1. The molecule has 41 heavy (non-hydrogen) atoms. The maximum Gasteiger partial charge on any atom is 0.142 e. The van der Waals surface area contributed by atoms with E-state index in [2.05, 4.69) is 70.7 Å². The second-order valence-electron chi connectivity index (χ2n) is 11.1. The number of benzene rings is 3. The van der Waals surface area contributed by atoms with Crippen molar-refractivity contribution in [1.82, 2.24) is 10.3 Å². The molecule has 3 aromatic carbocycles. The molecule has 2 aliphatic rings. The summed E-state index contributed by atoms with van der Waals surface area (Å²) < 4.78 is 24.0. The Kier molecular flexibility index (Phi) is 8.75. The number of H-pyrrole nitrogens is 1. The van der Waals surface area contributed by atoms with Crippen molar-refractivity contribution in [1.29, 1.82) is 0 Å². The number of methoxy groups -OCH3 is 1. The molecule has 0 bridgehead atoms. The lowest BCUT2D eigenvalue weighted by molar-refractivity contribution is 0.0106. The number of hydrogen-bond donors (Lipinski definition) is 2. The van der Waals surface area contributed by atoms with Crippen molar-refractivity contribution in [2.45, 2.75) is 45.0 Å². The first-order valence-corrected chi connectivity index (χ1v) is 14.8. The zero-order valence-electron chi connectivity index (χ0n) is 24.2. The minimum absolute atomic E-state index is 0.116. The summed E-state index contributed by atoms with van der Waals surface area (Å²) in [6.45, 7) is 8.44. The van der Waals surface area contributed by atoms with E-state index in [0.717, 1.165) is 85.9 Å². The molecule has 0 spiro atoms. The van der Waals surface area contributed by atoms with Gasteiger partial charge < -0.3 is 34.1 Å². The molecule has 216 valence electrons. The molecule has 2 N–H and O–H groups in total. The number of anilines is 1. The number of fused-ring (bicyclic) bond motifs is 2. The molecule has 3 heterocycles. The van der Waals surface area contributed by atoms with Gasteiger partial charge in [0.1, 0.15) is 24.7 Å². The van der Waals surface area contributed by atoms with E-state index in [1.165, 1.54) is 16.7 Å². The Labute approximate surface area is 242 Å². The molecule has 0 radical (unpaired) electrons. The summed E-state index contributed by atoms with van der Waals surface area (Å²) in [5, 5.41) is 4.69. The second-order valence-corrected chi connectivity index (χ2v) is 11.1. The van der Waals surface area contributed by atoms with Gasteiger partial charge in [0, 0.05) is 49.8 Å². The Morgan fingerprint density at radius 3 is 2.78 bits per heavy atom. The van der Waals surface area contributed by atoms with Crippen molar-refractivity contribution < 1.29 is 18.9 Å². The third-order valence-electron chi connectivity index (χ3n) is 8.32. The third kappa shape index (κ3) is 6.38. The number of aryl methyl sites for hydroxylation is 1. The molecule has 7 nitrogen and oxygen atoms in total. The maximum absolute atomic E-state index is 6.57. The summed E-state index contributed by atoms with van der Waals surface area (Å²) in [5.41, 5.74) is 7.13. The molecule has 2 atom stereocenters. The number of aromatic amines is 1. The van der Waals surface area contributed by atoms with Crippen LogP contribution in [0.2, 0.25) is 0 Å². The number of ether oxygens (including phenoxy) is 4. The molecular weight excluding hydrogens is 514 g/mol. The van der Waals surface area contributed by atoms with E-state index < -0.39 is 0 Å².